The van der Waals surface area contributed by atoms with Gasteiger partial charge in [-0.2, -0.15) is 19.2 Å². The SMILES string of the molecule is C.CC(C)(C)[O-].COCOc1ccc(CCN)cc1CN(CC(=O)OC(C)(C)C)[C@@H]1CCCC[C@H]1N(Cc1cc(CCN)ccc1OCOC)CC(C)(C)C.COCOc1ccc(CCNB(C)O)cc1CN(CC(=O)OC(C)(C)C)[C@@H]1CCCC[C@H]1N(Cc1cc(CCNB(C)O)ccc1OCOC)CC(C)(C)C.O=C=O.O=C=O.[K+]. The number of nitrogens with one attached hydrogen (secondary N) is 2. The van der Waals surface area contributed by atoms with E-state index in [4.69, 9.17) is 78.0 Å². The number of rotatable bonds is 42. The first kappa shape index (κ1) is 112. The number of carbonyl (C=O) groups excluding carboxylic acids is 6. The molecule has 0 aliphatic heterocycles. The van der Waals surface area contributed by atoms with Crippen molar-refractivity contribution in [2.24, 2.45) is 22.3 Å². The smallest absolute Gasteiger partial charge is 0.850 e. The van der Waals surface area contributed by atoms with E-state index in [-0.39, 0.29) is 158 Å². The number of carbonyl (C=O) groups is 2. The van der Waals surface area contributed by atoms with Crippen molar-refractivity contribution >= 4 is 38.3 Å². The second-order valence-corrected chi connectivity index (χ2v) is 34.8. The Morgan fingerprint density at radius 3 is 0.897 bits per heavy atom. The molecule has 0 saturated heterocycles. The van der Waals surface area contributed by atoms with E-state index in [1.807, 2.05) is 71.9 Å². The van der Waals surface area contributed by atoms with Crippen LogP contribution >= 0.6 is 0 Å². The third-order valence-electron chi connectivity index (χ3n) is 18.0. The molecular formula is C87H147B2KN8O19. The largest absolute Gasteiger partial charge is 1.00 e. The molecule has 30 heteroatoms. The van der Waals surface area contributed by atoms with Crippen LogP contribution in [0.15, 0.2) is 72.8 Å². The molecule has 0 spiro atoms. The van der Waals surface area contributed by atoms with E-state index in [2.05, 4.69) is 114 Å². The van der Waals surface area contributed by atoms with Gasteiger partial charge in [0, 0.05) is 114 Å². The van der Waals surface area contributed by atoms with Crippen molar-refractivity contribution in [2.75, 3.05) is 108 Å². The summed E-state index contributed by atoms with van der Waals surface area (Å²) in [5.41, 5.74) is 18.7. The van der Waals surface area contributed by atoms with Crippen LogP contribution in [0.5, 0.6) is 23.0 Å². The Balaban J connectivity index is 0.00000202. The molecule has 656 valence electrons. The Bertz CT molecular complexity index is 3450. The molecule has 6 rings (SSSR count). The summed E-state index contributed by atoms with van der Waals surface area (Å²) in [4.78, 5) is 69.6. The zero-order valence-corrected chi connectivity index (χ0v) is 77.6. The number of ether oxygens (including phenoxy) is 10. The summed E-state index contributed by atoms with van der Waals surface area (Å²) in [5, 5.41) is 35.9. The van der Waals surface area contributed by atoms with Crippen LogP contribution in [-0.4, -0.2) is 217 Å². The number of hydrogen-bond acceptors (Lipinski definition) is 27. The summed E-state index contributed by atoms with van der Waals surface area (Å²) in [6.07, 6.45) is 11.8. The van der Waals surface area contributed by atoms with Crippen molar-refractivity contribution < 1.29 is 143 Å². The Hall–Kier alpha value is -5.05. The van der Waals surface area contributed by atoms with Gasteiger partial charge >= 0.3 is 89.7 Å². The Kier molecular flexibility index (Phi) is 56.3. The van der Waals surface area contributed by atoms with Gasteiger partial charge in [0.2, 0.25) is 0 Å². The van der Waals surface area contributed by atoms with E-state index in [1.54, 1.807) is 62.9 Å². The number of hydrogen-bond donors (Lipinski definition) is 6. The van der Waals surface area contributed by atoms with Gasteiger partial charge in [-0.1, -0.05) is 144 Å². The molecule has 4 atom stereocenters. The van der Waals surface area contributed by atoms with Crippen LogP contribution in [-0.2, 0) is 109 Å². The van der Waals surface area contributed by atoms with Crippen molar-refractivity contribution in [3.05, 3.63) is 117 Å². The van der Waals surface area contributed by atoms with Crippen LogP contribution in [0.25, 0.3) is 0 Å². The standard InChI is InChI=1S/C41H70B2N4O8.C39H64N4O6.C4H9O.2CO2.CH4.K/c1-40(2,3)28-47(26-34-24-32(20-22-45-43(8)50)16-18-38(34)54-30-52-10)36-14-12-11-13-35(36)46(27-39(48)55-41(4,5)6)25-33-23-31(19-21-44-42(7)49)15-17-37(33)53-29-51-9;1-38(2,3)26-43(24-32-22-30(18-20-41)14-16-36(32)48-28-46-8)34-12-10-9-11-33(34)42(25-37(44)49-39(4,5)6)23-31-21-29(17-19-40)13-15-35(31)47-27-45-7;1-4(2,3)5;2*2-1-3;;/h15-18,23-24,35-36,44-45,49-50H,11-14,19-22,25-30H2,1-10H3;13-16,21-22,33-34H,9-12,17-20,23-28,40-41H2,1-8H3;1-3H3;;;1H4;/q;;-1;;;;+1/t35-,36-;33-,34-;;;;;/m11...../s1. The van der Waals surface area contributed by atoms with Gasteiger partial charge in [-0.15, -0.1) is 5.60 Å². The van der Waals surface area contributed by atoms with Crippen LogP contribution < -0.4 is 97.4 Å². The molecule has 8 N–H and O–H groups in total. The molecule has 0 amide bonds. The average molecular weight is 1670 g/mol. The minimum Gasteiger partial charge on any atom is -0.850 e. The van der Waals surface area contributed by atoms with Gasteiger partial charge in [0.05, 0.1) is 13.1 Å². The van der Waals surface area contributed by atoms with Crippen LogP contribution in [0.1, 0.15) is 207 Å². The molecule has 0 unspecified atom stereocenters. The normalized spacial score (nSPS) is 15.5. The number of esters is 2. The number of benzene rings is 4. The van der Waals surface area contributed by atoms with E-state index in [9.17, 15) is 24.7 Å². The third kappa shape index (κ3) is 49.6. The fourth-order valence-corrected chi connectivity index (χ4v) is 14.1. The van der Waals surface area contributed by atoms with Crippen molar-refractivity contribution in [1.82, 2.24) is 30.1 Å². The zero-order valence-electron chi connectivity index (χ0n) is 74.5. The van der Waals surface area contributed by atoms with Crippen LogP contribution in [0.2, 0.25) is 13.6 Å². The minimum atomic E-state index is -0.750. The second kappa shape index (κ2) is 58.9. The number of methoxy groups -OCH3 is 4. The van der Waals surface area contributed by atoms with Crippen LogP contribution in [0.4, 0.5) is 0 Å². The number of nitrogens with two attached hydrogens (primary N) is 2. The van der Waals surface area contributed by atoms with Gasteiger partial charge in [-0.05, 0) is 190 Å². The van der Waals surface area contributed by atoms with Gasteiger partial charge < -0.3 is 84.4 Å². The molecule has 2 fully saturated rings. The first-order valence-corrected chi connectivity index (χ1v) is 40.3. The Morgan fingerprint density at radius 1 is 0.453 bits per heavy atom. The summed E-state index contributed by atoms with van der Waals surface area (Å²) in [6.45, 7) is 40.8. The van der Waals surface area contributed by atoms with Gasteiger partial charge in [0.25, 0.3) is 0 Å². The summed E-state index contributed by atoms with van der Waals surface area (Å²) in [6, 6.07) is 25.5. The second-order valence-electron chi connectivity index (χ2n) is 34.8. The average Bonchev–Trinajstić information content (AvgIpc) is 0.800. The first-order valence-electron chi connectivity index (χ1n) is 40.3. The molecule has 0 bridgehead atoms. The van der Waals surface area contributed by atoms with Gasteiger partial charge in [-0.25, -0.2) is 0 Å². The van der Waals surface area contributed by atoms with E-state index >= 15 is 0 Å². The molecule has 4 aromatic carbocycles. The fraction of sp³-hybridized carbons (Fsp3) is 0.678. The maximum atomic E-state index is 13.7. The van der Waals surface area contributed by atoms with E-state index in [0.717, 1.165) is 146 Å². The summed E-state index contributed by atoms with van der Waals surface area (Å²) >= 11 is 0. The summed E-state index contributed by atoms with van der Waals surface area (Å²) in [5.74, 6) is 2.56. The van der Waals surface area contributed by atoms with E-state index in [1.165, 1.54) is 5.56 Å². The van der Waals surface area contributed by atoms with Crippen molar-refractivity contribution in [2.45, 2.75) is 269 Å². The Morgan fingerprint density at radius 2 is 0.684 bits per heavy atom. The zero-order chi connectivity index (χ0) is 86.5. The quantitative estimate of drug-likeness (QED) is 0.0143. The van der Waals surface area contributed by atoms with Crippen molar-refractivity contribution in [3.63, 3.8) is 0 Å². The summed E-state index contributed by atoms with van der Waals surface area (Å²) in [7, 11) is 5.32. The van der Waals surface area contributed by atoms with Crippen LogP contribution in [0.3, 0.4) is 0 Å². The molecule has 2 aliphatic rings. The van der Waals surface area contributed by atoms with Gasteiger partial charge in [0.15, 0.2) is 27.2 Å². The fourth-order valence-electron chi connectivity index (χ4n) is 14.1. The monoisotopic (exact) mass is 1670 g/mol. The predicted octanol–water partition coefficient (Wildman–Crippen LogP) is 7.42. The van der Waals surface area contributed by atoms with Gasteiger partial charge in [0.1, 0.15) is 34.2 Å². The third-order valence-corrected chi connectivity index (χ3v) is 18.0. The van der Waals surface area contributed by atoms with Crippen molar-refractivity contribution in [3.8, 4) is 23.0 Å². The Labute approximate surface area is 745 Å². The van der Waals surface area contributed by atoms with Crippen LogP contribution in [0, 0.1) is 10.8 Å². The molecule has 0 heterocycles. The molecule has 4 aromatic rings. The maximum absolute atomic E-state index is 13.7. The number of nitrogens with zero attached hydrogens (tertiary/aromatic N) is 4. The minimum absolute atomic E-state index is 0. The molecule has 117 heavy (non-hydrogen) atoms. The molecule has 0 aromatic heterocycles. The topological polar surface area (TPSA) is 347 Å². The predicted molar refractivity (Wildman–Crippen MR) is 453 cm³/mol. The molecule has 27 nitrogen and oxygen atoms in total. The van der Waals surface area contributed by atoms with Gasteiger partial charge in [-0.3, -0.25) is 29.2 Å². The first-order chi connectivity index (χ1) is 54.1. The van der Waals surface area contributed by atoms with Crippen molar-refractivity contribution in [1.29, 1.82) is 0 Å². The van der Waals surface area contributed by atoms with E-state index < -0.39 is 30.9 Å². The molecule has 2 saturated carbocycles. The molecule has 0 radical (unpaired) electrons. The van der Waals surface area contributed by atoms with E-state index in [0.29, 0.717) is 58.1 Å². The molecular weight excluding hydrogens is 1520 g/mol. The maximum Gasteiger partial charge on any atom is 1.00 e. The summed E-state index contributed by atoms with van der Waals surface area (Å²) < 4.78 is 57.4. The molecule has 2 aliphatic carbocycles.